The number of unbranched alkanes of at least 4 members (excludes halogenated alkanes) is 1. The third kappa shape index (κ3) is 5.36. The van der Waals surface area contributed by atoms with Crippen molar-refractivity contribution in [2.24, 2.45) is 0 Å². The van der Waals surface area contributed by atoms with Gasteiger partial charge in [-0.3, -0.25) is 4.90 Å². The van der Waals surface area contributed by atoms with E-state index in [0.29, 0.717) is 0 Å². The van der Waals surface area contributed by atoms with Crippen LogP contribution in [-0.2, 0) is 0 Å². The average molecular weight is 389 g/mol. The van der Waals surface area contributed by atoms with Crippen LogP contribution in [0.25, 0.3) is 10.1 Å². The first kappa shape index (κ1) is 20.0. The fraction of sp³-hybridized carbons (Fsp3) is 0.571. The standard InChI is InChI=1S/C21H32N4OS/c1-17(22-21(26)23(2)3)7-4-5-11-24-12-14-25(15-13-24)19-8-6-9-20-18(19)10-16-27-20/h6,8-10,16-17H,4-5,7,11-15H2,1-3H3,(H,22,26). The number of fused-ring (bicyclic) bond motifs is 1. The van der Waals surface area contributed by atoms with E-state index in [-0.39, 0.29) is 12.1 Å². The van der Waals surface area contributed by atoms with Crippen molar-refractivity contribution in [2.45, 2.75) is 32.2 Å². The average Bonchev–Trinajstić information content (AvgIpc) is 3.14. The first-order valence-electron chi connectivity index (χ1n) is 9.96. The SMILES string of the molecule is CC(CCCCN1CCN(c2cccc3sccc23)CC1)NC(=O)N(C)C. The molecule has 2 amide bonds. The van der Waals surface area contributed by atoms with Crippen LogP contribution in [0.2, 0.25) is 0 Å². The Bertz CT molecular complexity index is 737. The number of hydrogen-bond acceptors (Lipinski definition) is 4. The van der Waals surface area contributed by atoms with Gasteiger partial charge in [0.15, 0.2) is 0 Å². The van der Waals surface area contributed by atoms with Gasteiger partial charge in [-0.1, -0.05) is 12.5 Å². The van der Waals surface area contributed by atoms with Crippen LogP contribution in [0.5, 0.6) is 0 Å². The van der Waals surface area contributed by atoms with Crippen LogP contribution in [-0.4, -0.2) is 68.7 Å². The van der Waals surface area contributed by atoms with Gasteiger partial charge in [0.2, 0.25) is 0 Å². The number of anilines is 1. The summed E-state index contributed by atoms with van der Waals surface area (Å²) in [5.41, 5.74) is 1.39. The van der Waals surface area contributed by atoms with E-state index >= 15 is 0 Å². The highest BCUT2D eigenvalue weighted by molar-refractivity contribution is 7.17. The summed E-state index contributed by atoms with van der Waals surface area (Å²) in [6.45, 7) is 7.71. The molecule has 1 aromatic carbocycles. The Labute approximate surface area is 166 Å². The highest BCUT2D eigenvalue weighted by Crippen LogP contribution is 2.31. The van der Waals surface area contributed by atoms with E-state index in [9.17, 15) is 4.79 Å². The van der Waals surface area contributed by atoms with Crippen molar-refractivity contribution >= 4 is 33.1 Å². The molecule has 6 heteroatoms. The Hall–Kier alpha value is -1.79. The number of benzene rings is 1. The minimum absolute atomic E-state index is 0.000681. The predicted molar refractivity (Wildman–Crippen MR) is 116 cm³/mol. The third-order valence-corrected chi connectivity index (χ3v) is 6.21. The number of carbonyl (C=O) groups is 1. The fourth-order valence-corrected chi connectivity index (χ4v) is 4.47. The molecule has 5 nitrogen and oxygen atoms in total. The molecule has 2 aromatic rings. The third-order valence-electron chi connectivity index (χ3n) is 5.32. The second-order valence-corrected chi connectivity index (χ2v) is 8.63. The van der Waals surface area contributed by atoms with E-state index in [1.165, 1.54) is 22.2 Å². The highest BCUT2D eigenvalue weighted by Gasteiger charge is 2.18. The quantitative estimate of drug-likeness (QED) is 0.732. The molecule has 0 aliphatic carbocycles. The zero-order valence-electron chi connectivity index (χ0n) is 16.8. The Morgan fingerprint density at radius 2 is 1.96 bits per heavy atom. The largest absolute Gasteiger partial charge is 0.368 e. The highest BCUT2D eigenvalue weighted by atomic mass is 32.1. The lowest BCUT2D eigenvalue weighted by Gasteiger charge is -2.36. The summed E-state index contributed by atoms with van der Waals surface area (Å²) in [5.74, 6) is 0. The van der Waals surface area contributed by atoms with Crippen LogP contribution in [0.3, 0.4) is 0 Å². The van der Waals surface area contributed by atoms with Gasteiger partial charge in [0.05, 0.1) is 0 Å². The van der Waals surface area contributed by atoms with Crippen molar-refractivity contribution in [2.75, 3.05) is 51.7 Å². The number of nitrogens with one attached hydrogen (secondary N) is 1. The van der Waals surface area contributed by atoms with E-state index < -0.39 is 0 Å². The van der Waals surface area contributed by atoms with E-state index in [1.807, 2.05) is 11.3 Å². The number of hydrogen-bond donors (Lipinski definition) is 1. The van der Waals surface area contributed by atoms with Gasteiger partial charge in [-0.05, 0) is 49.9 Å². The number of amides is 2. The molecule has 1 atom stereocenters. The molecule has 0 radical (unpaired) electrons. The Morgan fingerprint density at radius 1 is 1.19 bits per heavy atom. The lowest BCUT2D eigenvalue weighted by molar-refractivity contribution is 0.212. The van der Waals surface area contributed by atoms with Gasteiger partial charge in [-0.25, -0.2) is 4.79 Å². The van der Waals surface area contributed by atoms with Crippen molar-refractivity contribution in [1.82, 2.24) is 15.1 Å². The van der Waals surface area contributed by atoms with E-state index in [1.54, 1.807) is 19.0 Å². The van der Waals surface area contributed by atoms with Gasteiger partial charge in [0, 0.05) is 62.1 Å². The maximum Gasteiger partial charge on any atom is 0.317 e. The smallest absolute Gasteiger partial charge is 0.317 e. The lowest BCUT2D eigenvalue weighted by Crippen LogP contribution is -2.46. The molecule has 2 heterocycles. The van der Waals surface area contributed by atoms with Crippen molar-refractivity contribution in [3.05, 3.63) is 29.6 Å². The molecule has 148 valence electrons. The fourth-order valence-electron chi connectivity index (χ4n) is 3.66. The van der Waals surface area contributed by atoms with Crippen LogP contribution >= 0.6 is 11.3 Å². The summed E-state index contributed by atoms with van der Waals surface area (Å²) in [7, 11) is 3.56. The van der Waals surface area contributed by atoms with Gasteiger partial charge < -0.3 is 15.1 Å². The summed E-state index contributed by atoms with van der Waals surface area (Å²) in [5, 5.41) is 6.60. The van der Waals surface area contributed by atoms with E-state index in [4.69, 9.17) is 0 Å². The number of rotatable bonds is 7. The van der Waals surface area contributed by atoms with Crippen LogP contribution in [0, 0.1) is 0 Å². The summed E-state index contributed by atoms with van der Waals surface area (Å²) in [4.78, 5) is 18.3. The van der Waals surface area contributed by atoms with E-state index in [0.717, 1.165) is 45.6 Å². The number of urea groups is 1. The van der Waals surface area contributed by atoms with Crippen LogP contribution < -0.4 is 10.2 Å². The second-order valence-electron chi connectivity index (χ2n) is 7.68. The summed E-state index contributed by atoms with van der Waals surface area (Å²) in [6.07, 6.45) is 3.39. The maximum atomic E-state index is 11.6. The van der Waals surface area contributed by atoms with Crippen LogP contribution in [0.15, 0.2) is 29.6 Å². The van der Waals surface area contributed by atoms with Gasteiger partial charge in [0.25, 0.3) is 0 Å². The zero-order chi connectivity index (χ0) is 19.2. The van der Waals surface area contributed by atoms with Crippen molar-refractivity contribution in [1.29, 1.82) is 0 Å². The molecule has 0 bridgehead atoms. The normalized spacial score (nSPS) is 16.5. The van der Waals surface area contributed by atoms with Crippen molar-refractivity contribution in [3.63, 3.8) is 0 Å². The van der Waals surface area contributed by atoms with Crippen molar-refractivity contribution in [3.8, 4) is 0 Å². The summed E-state index contributed by atoms with van der Waals surface area (Å²) < 4.78 is 1.38. The topological polar surface area (TPSA) is 38.8 Å². The Morgan fingerprint density at radius 3 is 2.70 bits per heavy atom. The number of nitrogens with zero attached hydrogens (tertiary/aromatic N) is 3. The maximum absolute atomic E-state index is 11.6. The molecule has 1 aliphatic heterocycles. The van der Waals surface area contributed by atoms with Gasteiger partial charge in [0.1, 0.15) is 0 Å². The lowest BCUT2D eigenvalue weighted by atomic mass is 10.1. The number of piperazine rings is 1. The zero-order valence-corrected chi connectivity index (χ0v) is 17.6. The minimum atomic E-state index is -0.000681. The van der Waals surface area contributed by atoms with Crippen molar-refractivity contribution < 1.29 is 4.79 Å². The van der Waals surface area contributed by atoms with E-state index in [2.05, 4.69) is 51.7 Å². The molecule has 1 aromatic heterocycles. The van der Waals surface area contributed by atoms with Crippen LogP contribution in [0.4, 0.5) is 10.5 Å². The molecular formula is C21H32N4OS. The Kier molecular flexibility index (Phi) is 6.96. The van der Waals surface area contributed by atoms with Gasteiger partial charge in [-0.15, -0.1) is 11.3 Å². The molecule has 0 saturated carbocycles. The predicted octanol–water partition coefficient (Wildman–Crippen LogP) is 3.85. The number of carbonyl (C=O) groups excluding carboxylic acids is 1. The summed E-state index contributed by atoms with van der Waals surface area (Å²) >= 11 is 1.82. The molecular weight excluding hydrogens is 356 g/mol. The van der Waals surface area contributed by atoms with Crippen LogP contribution in [0.1, 0.15) is 26.2 Å². The summed E-state index contributed by atoms with van der Waals surface area (Å²) in [6, 6.07) is 9.13. The molecule has 3 rings (SSSR count). The Balaban J connectivity index is 1.36. The first-order chi connectivity index (χ1) is 13.0. The molecule has 1 aliphatic rings. The number of thiophene rings is 1. The first-order valence-corrected chi connectivity index (χ1v) is 10.8. The molecule has 27 heavy (non-hydrogen) atoms. The molecule has 1 fully saturated rings. The molecule has 1 unspecified atom stereocenters. The van der Waals surface area contributed by atoms with Gasteiger partial charge in [-0.2, -0.15) is 0 Å². The minimum Gasteiger partial charge on any atom is -0.368 e. The van der Waals surface area contributed by atoms with Gasteiger partial charge >= 0.3 is 6.03 Å². The monoisotopic (exact) mass is 388 g/mol. The molecule has 1 saturated heterocycles. The molecule has 0 spiro atoms. The molecule has 1 N–H and O–H groups in total. The second kappa shape index (κ2) is 9.42.